The first kappa shape index (κ1) is 26.8. The molecule has 0 spiro atoms. The van der Waals surface area contributed by atoms with E-state index in [4.69, 9.17) is 0 Å². The summed E-state index contributed by atoms with van der Waals surface area (Å²) in [5.74, 6) is -0.173. The van der Waals surface area contributed by atoms with Crippen molar-refractivity contribution in [2.75, 3.05) is 44.7 Å². The molecule has 0 aliphatic carbocycles. The van der Waals surface area contributed by atoms with E-state index in [1.165, 1.54) is 11.1 Å². The zero-order valence-corrected chi connectivity index (χ0v) is 22.9. The van der Waals surface area contributed by atoms with Gasteiger partial charge in [0.05, 0.1) is 13.1 Å². The minimum absolute atomic E-state index is 0.0627. The minimum atomic E-state index is -0.110. The highest BCUT2D eigenvalue weighted by molar-refractivity contribution is 7.14. The van der Waals surface area contributed by atoms with Crippen LogP contribution in [0.15, 0.2) is 48.7 Å². The Morgan fingerprint density at radius 2 is 1.78 bits per heavy atom. The van der Waals surface area contributed by atoms with Crippen molar-refractivity contribution in [2.24, 2.45) is 0 Å². The van der Waals surface area contributed by atoms with Crippen LogP contribution in [0.1, 0.15) is 28.5 Å². The molecule has 1 aromatic heterocycles. The summed E-state index contributed by atoms with van der Waals surface area (Å²) in [6.45, 7) is 9.79. The molecule has 2 amide bonds. The van der Waals surface area contributed by atoms with E-state index in [-0.39, 0.29) is 24.9 Å². The van der Waals surface area contributed by atoms with Gasteiger partial charge < -0.3 is 15.5 Å². The van der Waals surface area contributed by atoms with Crippen molar-refractivity contribution < 1.29 is 9.59 Å². The minimum Gasteiger partial charge on any atom is -0.353 e. The highest BCUT2D eigenvalue weighted by Gasteiger charge is 2.27. The number of carbonyl (C=O) groups is 2. The third kappa shape index (κ3) is 6.74. The summed E-state index contributed by atoms with van der Waals surface area (Å²) in [7, 11) is 1.81. The maximum atomic E-state index is 13.4. The van der Waals surface area contributed by atoms with Crippen LogP contribution in [0, 0.1) is 13.8 Å². The van der Waals surface area contributed by atoms with E-state index in [0.29, 0.717) is 26.2 Å². The molecule has 2 aromatic carbocycles. The molecule has 9 heteroatoms. The Bertz CT molecular complexity index is 1220. The first-order valence-electron chi connectivity index (χ1n) is 12.7. The summed E-state index contributed by atoms with van der Waals surface area (Å²) in [4.78, 5) is 33.8. The second-order valence-corrected chi connectivity index (χ2v) is 10.6. The number of fused-ring (bicyclic) bond motifs is 1. The van der Waals surface area contributed by atoms with Crippen molar-refractivity contribution in [3.8, 4) is 10.6 Å². The lowest BCUT2D eigenvalue weighted by molar-refractivity contribution is -0.145. The summed E-state index contributed by atoms with van der Waals surface area (Å²) in [6.07, 6.45) is 1.87. The van der Waals surface area contributed by atoms with Crippen LogP contribution in [-0.4, -0.2) is 66.6 Å². The van der Waals surface area contributed by atoms with Gasteiger partial charge in [0.15, 0.2) is 0 Å². The van der Waals surface area contributed by atoms with Gasteiger partial charge in [-0.1, -0.05) is 31.2 Å². The Labute approximate surface area is 223 Å². The average molecular weight is 521 g/mol. The number of rotatable bonds is 11. The van der Waals surface area contributed by atoms with E-state index < -0.39 is 0 Å². The van der Waals surface area contributed by atoms with Gasteiger partial charge >= 0.3 is 0 Å². The molecule has 0 unspecified atom stereocenters. The number of anilines is 1. The average Bonchev–Trinajstić information content (AvgIpc) is 3.52. The number of hydrogen-bond acceptors (Lipinski definition) is 7. The van der Waals surface area contributed by atoms with Crippen LogP contribution in [0.5, 0.6) is 0 Å². The van der Waals surface area contributed by atoms with Crippen LogP contribution in [0.2, 0.25) is 0 Å². The molecule has 1 aliphatic heterocycles. The summed E-state index contributed by atoms with van der Waals surface area (Å²) >= 11 is 1.65. The van der Waals surface area contributed by atoms with Gasteiger partial charge in [-0.15, -0.1) is 11.3 Å². The monoisotopic (exact) mass is 520 g/mol. The molecule has 4 rings (SSSR count). The van der Waals surface area contributed by atoms with Crippen molar-refractivity contribution in [1.82, 2.24) is 25.6 Å². The van der Waals surface area contributed by atoms with E-state index >= 15 is 0 Å². The molecule has 0 saturated heterocycles. The highest BCUT2D eigenvalue weighted by Crippen LogP contribution is 2.30. The zero-order valence-electron chi connectivity index (χ0n) is 22.1. The molecule has 2 N–H and O–H groups in total. The van der Waals surface area contributed by atoms with Gasteiger partial charge in [0.2, 0.25) is 5.91 Å². The van der Waals surface area contributed by atoms with Crippen molar-refractivity contribution in [3.05, 3.63) is 70.2 Å². The van der Waals surface area contributed by atoms with Crippen LogP contribution in [0.4, 0.5) is 5.69 Å². The maximum absolute atomic E-state index is 13.4. The molecular formula is C28H36N6O2S. The van der Waals surface area contributed by atoms with Gasteiger partial charge in [0, 0.05) is 55.6 Å². The lowest BCUT2D eigenvalue weighted by Gasteiger charge is -2.32. The number of hydrogen-bond donors (Lipinski definition) is 2. The first-order chi connectivity index (χ1) is 17.9. The van der Waals surface area contributed by atoms with E-state index in [1.54, 1.807) is 16.3 Å². The predicted molar refractivity (Wildman–Crippen MR) is 149 cm³/mol. The normalized spacial score (nSPS) is 12.9. The Balaban J connectivity index is 1.50. The Morgan fingerprint density at radius 1 is 1.05 bits per heavy atom. The van der Waals surface area contributed by atoms with Gasteiger partial charge in [0.1, 0.15) is 5.01 Å². The molecule has 0 atom stereocenters. The van der Waals surface area contributed by atoms with Crippen LogP contribution >= 0.6 is 11.3 Å². The van der Waals surface area contributed by atoms with Gasteiger partial charge in [0.25, 0.3) is 5.91 Å². The number of amides is 2. The topological polar surface area (TPSA) is 80.8 Å². The van der Waals surface area contributed by atoms with Crippen LogP contribution in [-0.2, 0) is 22.7 Å². The SMILES string of the molecule is CCNCCNC(=O)CN(CC(=O)N(C)N1Cc2ccccc2C1)c1ccc(-c2ncc(C)s2)cc1C. The molecule has 0 radical (unpaired) electrons. The molecule has 1 aliphatic rings. The number of likely N-dealkylation sites (N-methyl/N-ethyl adjacent to an activating group) is 2. The van der Waals surface area contributed by atoms with Crippen molar-refractivity contribution >= 4 is 28.8 Å². The molecule has 0 bridgehead atoms. The summed E-state index contributed by atoms with van der Waals surface area (Å²) in [6, 6.07) is 14.3. The first-order valence-corrected chi connectivity index (χ1v) is 13.5. The summed E-state index contributed by atoms with van der Waals surface area (Å²) in [5.41, 5.74) is 5.37. The van der Waals surface area contributed by atoms with E-state index in [9.17, 15) is 9.59 Å². The predicted octanol–water partition coefficient (Wildman–Crippen LogP) is 3.35. The van der Waals surface area contributed by atoms with Gasteiger partial charge in [-0.25, -0.2) is 9.99 Å². The van der Waals surface area contributed by atoms with Gasteiger partial charge in [-0.2, -0.15) is 0 Å². The van der Waals surface area contributed by atoms with Crippen LogP contribution in [0.25, 0.3) is 10.6 Å². The lowest BCUT2D eigenvalue weighted by Crippen LogP contribution is -2.48. The van der Waals surface area contributed by atoms with Crippen molar-refractivity contribution in [3.63, 3.8) is 0 Å². The zero-order chi connectivity index (χ0) is 26.4. The fraction of sp³-hybridized carbons (Fsp3) is 0.393. The van der Waals surface area contributed by atoms with Crippen LogP contribution < -0.4 is 15.5 Å². The number of aryl methyl sites for hydroxylation is 2. The molecule has 0 saturated carbocycles. The fourth-order valence-electron chi connectivity index (χ4n) is 4.50. The third-order valence-electron chi connectivity index (χ3n) is 6.55. The van der Waals surface area contributed by atoms with E-state index in [0.717, 1.165) is 33.2 Å². The number of benzene rings is 2. The molecule has 2 heterocycles. The molecule has 37 heavy (non-hydrogen) atoms. The van der Waals surface area contributed by atoms with Crippen molar-refractivity contribution in [2.45, 2.75) is 33.9 Å². The van der Waals surface area contributed by atoms with Crippen LogP contribution in [0.3, 0.4) is 0 Å². The largest absolute Gasteiger partial charge is 0.353 e. The second kappa shape index (κ2) is 12.3. The fourth-order valence-corrected chi connectivity index (χ4v) is 5.27. The molecule has 0 fully saturated rings. The highest BCUT2D eigenvalue weighted by atomic mass is 32.1. The molecule has 196 valence electrons. The summed E-state index contributed by atoms with van der Waals surface area (Å²) in [5, 5.41) is 10.9. The van der Waals surface area contributed by atoms with E-state index in [1.807, 2.05) is 68.2 Å². The molecular weight excluding hydrogens is 484 g/mol. The Kier molecular flexibility index (Phi) is 8.91. The number of aromatic nitrogens is 1. The van der Waals surface area contributed by atoms with E-state index in [2.05, 4.69) is 33.8 Å². The molecule has 8 nitrogen and oxygen atoms in total. The Morgan fingerprint density at radius 3 is 2.41 bits per heavy atom. The summed E-state index contributed by atoms with van der Waals surface area (Å²) < 4.78 is 0. The van der Waals surface area contributed by atoms with Gasteiger partial charge in [-0.3, -0.25) is 14.6 Å². The molecule has 3 aromatic rings. The quantitative estimate of drug-likeness (QED) is 0.378. The lowest BCUT2D eigenvalue weighted by atomic mass is 10.1. The maximum Gasteiger partial charge on any atom is 0.256 e. The third-order valence-corrected chi connectivity index (χ3v) is 7.51. The number of thiazole rings is 1. The Hall–Kier alpha value is -3.27. The van der Waals surface area contributed by atoms with Gasteiger partial charge in [-0.05, 0) is 55.3 Å². The number of nitrogens with zero attached hydrogens (tertiary/aromatic N) is 4. The standard InChI is InChI=1S/C28H36N6O2S/c1-5-29-12-13-30-26(35)18-33(25-11-10-22(14-20(25)2)28-31-15-21(3)37-28)19-27(36)32(4)34-16-23-8-6-7-9-24(23)17-34/h6-11,14-15,29H,5,12-13,16-19H2,1-4H3,(H,30,35). The number of carbonyl (C=O) groups excluding carboxylic acids is 2. The number of nitrogens with one attached hydrogen (secondary N) is 2. The smallest absolute Gasteiger partial charge is 0.256 e. The van der Waals surface area contributed by atoms with Crippen molar-refractivity contribution in [1.29, 1.82) is 0 Å². The number of hydrazine groups is 1. The second-order valence-electron chi connectivity index (χ2n) is 9.35.